The molecular weight excluding hydrogens is 252 g/mol. The number of nitrogens with one attached hydrogen (secondary N) is 2. The number of ether oxygens (including phenoxy) is 1. The predicted octanol–water partition coefficient (Wildman–Crippen LogP) is 2.48. The molecule has 0 aromatic heterocycles. The van der Waals surface area contributed by atoms with Crippen LogP contribution in [0.15, 0.2) is 24.3 Å². The fourth-order valence-corrected chi connectivity index (χ4v) is 1.67. The number of rotatable bonds is 6. The zero-order valence-electron chi connectivity index (χ0n) is 13.1. The summed E-state index contributed by atoms with van der Waals surface area (Å²) in [6.07, 6.45) is -0.485. The number of amides is 1. The van der Waals surface area contributed by atoms with Crippen molar-refractivity contribution in [1.82, 2.24) is 10.6 Å². The van der Waals surface area contributed by atoms with Crippen molar-refractivity contribution in [2.75, 3.05) is 6.54 Å². The summed E-state index contributed by atoms with van der Waals surface area (Å²) in [5.41, 5.74) is 1.21. The summed E-state index contributed by atoms with van der Waals surface area (Å²) in [4.78, 5) is 11.6. The molecule has 0 saturated carbocycles. The summed E-state index contributed by atoms with van der Waals surface area (Å²) in [7, 11) is 0. The van der Waals surface area contributed by atoms with Crippen LogP contribution in [0.4, 0.5) is 0 Å². The lowest BCUT2D eigenvalue weighted by atomic mass is 10.1. The van der Waals surface area contributed by atoms with E-state index in [0.29, 0.717) is 6.54 Å². The normalized spacial score (nSPS) is 12.8. The lowest BCUT2D eigenvalue weighted by Crippen LogP contribution is -2.36. The quantitative estimate of drug-likeness (QED) is 0.840. The summed E-state index contributed by atoms with van der Waals surface area (Å²) in [5.74, 6) is 0.627. The van der Waals surface area contributed by atoms with Crippen molar-refractivity contribution in [3.05, 3.63) is 29.8 Å². The summed E-state index contributed by atoms with van der Waals surface area (Å²) in [5, 5.41) is 6.18. The zero-order chi connectivity index (χ0) is 15.2. The van der Waals surface area contributed by atoms with Gasteiger partial charge in [0.1, 0.15) is 5.75 Å². The number of carbonyl (C=O) groups excluding carboxylic acids is 1. The van der Waals surface area contributed by atoms with Crippen LogP contribution in [0.2, 0.25) is 0 Å². The molecule has 0 bridgehead atoms. The van der Waals surface area contributed by atoms with E-state index < -0.39 is 6.10 Å². The van der Waals surface area contributed by atoms with Crippen molar-refractivity contribution in [3.63, 3.8) is 0 Å². The first-order chi connectivity index (χ1) is 9.31. The van der Waals surface area contributed by atoms with E-state index in [1.807, 2.05) is 31.2 Å². The highest BCUT2D eigenvalue weighted by Gasteiger charge is 2.14. The fraction of sp³-hybridized carbons (Fsp3) is 0.562. The van der Waals surface area contributed by atoms with E-state index in [1.54, 1.807) is 6.92 Å². The molecule has 0 heterocycles. The molecule has 4 nitrogen and oxygen atoms in total. The molecule has 2 N–H and O–H groups in total. The van der Waals surface area contributed by atoms with Crippen LogP contribution in [0.5, 0.6) is 5.75 Å². The van der Waals surface area contributed by atoms with Crippen molar-refractivity contribution in [2.45, 2.75) is 52.8 Å². The Morgan fingerprint density at radius 3 is 2.65 bits per heavy atom. The van der Waals surface area contributed by atoms with Gasteiger partial charge in [-0.1, -0.05) is 12.1 Å². The van der Waals surface area contributed by atoms with E-state index in [4.69, 9.17) is 4.74 Å². The van der Waals surface area contributed by atoms with Gasteiger partial charge in [-0.2, -0.15) is 0 Å². The first kappa shape index (κ1) is 16.5. The first-order valence-electron chi connectivity index (χ1n) is 7.10. The van der Waals surface area contributed by atoms with Crippen LogP contribution < -0.4 is 15.4 Å². The maximum atomic E-state index is 11.6. The average molecular weight is 278 g/mol. The Hall–Kier alpha value is -1.55. The van der Waals surface area contributed by atoms with E-state index in [1.165, 1.54) is 0 Å². The molecule has 1 aromatic rings. The Kier molecular flexibility index (Phi) is 6.02. The maximum absolute atomic E-state index is 11.6. The molecule has 112 valence electrons. The van der Waals surface area contributed by atoms with Crippen LogP contribution in [-0.4, -0.2) is 24.1 Å². The van der Waals surface area contributed by atoms with Crippen LogP contribution in [0.1, 0.15) is 40.2 Å². The summed E-state index contributed by atoms with van der Waals surface area (Å²) >= 11 is 0. The van der Waals surface area contributed by atoms with Gasteiger partial charge in [-0.25, -0.2) is 0 Å². The number of hydrogen-bond donors (Lipinski definition) is 2. The third-order valence-corrected chi connectivity index (χ3v) is 2.75. The number of likely N-dealkylation sites (N-methyl/N-ethyl adjacent to an activating group) is 1. The Morgan fingerprint density at radius 1 is 1.35 bits per heavy atom. The third-order valence-electron chi connectivity index (χ3n) is 2.75. The van der Waals surface area contributed by atoms with Gasteiger partial charge in [0.2, 0.25) is 0 Å². The number of carbonyl (C=O) groups is 1. The Morgan fingerprint density at radius 2 is 2.05 bits per heavy atom. The summed E-state index contributed by atoms with van der Waals surface area (Å²) in [6, 6.07) is 7.83. The van der Waals surface area contributed by atoms with E-state index in [9.17, 15) is 4.79 Å². The Bertz CT molecular complexity index is 438. The molecule has 0 fully saturated rings. The van der Waals surface area contributed by atoms with Gasteiger partial charge in [0.15, 0.2) is 6.10 Å². The molecule has 0 aliphatic heterocycles. The third kappa shape index (κ3) is 6.06. The smallest absolute Gasteiger partial charge is 0.260 e. The van der Waals surface area contributed by atoms with Gasteiger partial charge >= 0.3 is 0 Å². The average Bonchev–Trinajstić information content (AvgIpc) is 2.36. The van der Waals surface area contributed by atoms with Gasteiger partial charge in [-0.3, -0.25) is 4.79 Å². The molecule has 1 rings (SSSR count). The molecule has 0 radical (unpaired) electrons. The number of benzene rings is 1. The standard InChI is InChI=1S/C16H26N2O2/c1-6-17-15(19)12(2)20-14-9-7-8-13(10-14)11-18-16(3,4)5/h7-10,12,18H,6,11H2,1-5H3,(H,17,19). The van der Waals surface area contributed by atoms with Crippen LogP contribution >= 0.6 is 0 Å². The van der Waals surface area contributed by atoms with Crippen LogP contribution in [0.3, 0.4) is 0 Å². The van der Waals surface area contributed by atoms with Gasteiger partial charge < -0.3 is 15.4 Å². The minimum absolute atomic E-state index is 0.0746. The SMILES string of the molecule is CCNC(=O)C(C)Oc1cccc(CNC(C)(C)C)c1. The molecule has 4 heteroatoms. The molecule has 0 aliphatic rings. The zero-order valence-corrected chi connectivity index (χ0v) is 13.1. The van der Waals surface area contributed by atoms with Crippen LogP contribution in [-0.2, 0) is 11.3 Å². The van der Waals surface area contributed by atoms with Crippen molar-refractivity contribution in [3.8, 4) is 5.75 Å². The second-order valence-electron chi connectivity index (χ2n) is 5.91. The van der Waals surface area contributed by atoms with Gasteiger partial charge in [0.25, 0.3) is 5.91 Å². The van der Waals surface area contributed by atoms with Crippen molar-refractivity contribution < 1.29 is 9.53 Å². The van der Waals surface area contributed by atoms with Crippen molar-refractivity contribution >= 4 is 5.91 Å². The minimum Gasteiger partial charge on any atom is -0.481 e. The van der Waals surface area contributed by atoms with Crippen molar-refractivity contribution in [1.29, 1.82) is 0 Å². The van der Waals surface area contributed by atoms with Gasteiger partial charge in [0, 0.05) is 18.6 Å². The molecule has 20 heavy (non-hydrogen) atoms. The molecule has 1 atom stereocenters. The van der Waals surface area contributed by atoms with Crippen LogP contribution in [0.25, 0.3) is 0 Å². The predicted molar refractivity (Wildman–Crippen MR) is 81.8 cm³/mol. The highest BCUT2D eigenvalue weighted by atomic mass is 16.5. The van der Waals surface area contributed by atoms with Gasteiger partial charge in [-0.15, -0.1) is 0 Å². The lowest BCUT2D eigenvalue weighted by molar-refractivity contribution is -0.127. The summed E-state index contributed by atoms with van der Waals surface area (Å²) in [6.45, 7) is 11.4. The molecule has 1 amide bonds. The van der Waals surface area contributed by atoms with Crippen molar-refractivity contribution in [2.24, 2.45) is 0 Å². The maximum Gasteiger partial charge on any atom is 0.260 e. The topological polar surface area (TPSA) is 50.4 Å². The van der Waals surface area contributed by atoms with E-state index >= 15 is 0 Å². The Labute approximate surface area is 121 Å². The Balaban J connectivity index is 2.61. The second kappa shape index (κ2) is 7.29. The largest absolute Gasteiger partial charge is 0.481 e. The van der Waals surface area contributed by atoms with E-state index in [-0.39, 0.29) is 11.4 Å². The molecular formula is C16H26N2O2. The fourth-order valence-electron chi connectivity index (χ4n) is 1.67. The molecule has 1 aromatic carbocycles. The molecule has 1 unspecified atom stereocenters. The van der Waals surface area contributed by atoms with E-state index in [2.05, 4.69) is 31.4 Å². The molecule has 0 saturated heterocycles. The summed E-state index contributed by atoms with van der Waals surface area (Å²) < 4.78 is 5.66. The second-order valence-corrected chi connectivity index (χ2v) is 5.91. The highest BCUT2D eigenvalue weighted by Crippen LogP contribution is 2.15. The van der Waals surface area contributed by atoms with Crippen LogP contribution in [0, 0.1) is 0 Å². The monoisotopic (exact) mass is 278 g/mol. The molecule has 0 spiro atoms. The lowest BCUT2D eigenvalue weighted by Gasteiger charge is -2.21. The van der Waals surface area contributed by atoms with Gasteiger partial charge in [0.05, 0.1) is 0 Å². The highest BCUT2D eigenvalue weighted by molar-refractivity contribution is 5.80. The number of hydrogen-bond acceptors (Lipinski definition) is 3. The molecule has 0 aliphatic carbocycles. The minimum atomic E-state index is -0.485. The first-order valence-corrected chi connectivity index (χ1v) is 7.10. The van der Waals surface area contributed by atoms with Gasteiger partial charge in [-0.05, 0) is 52.3 Å². The van der Waals surface area contributed by atoms with E-state index in [0.717, 1.165) is 17.9 Å².